The molecule has 1 aliphatic heterocycles. The number of benzene rings is 1. The van der Waals surface area contributed by atoms with Crippen molar-refractivity contribution < 1.29 is 14.6 Å². The highest BCUT2D eigenvalue weighted by atomic mass is 16.5. The highest BCUT2D eigenvalue weighted by molar-refractivity contribution is 6.09. The molecule has 4 rings (SSSR count). The summed E-state index contributed by atoms with van der Waals surface area (Å²) in [7, 11) is 0. The zero-order valence-corrected chi connectivity index (χ0v) is 21.4. The molecule has 2 aromatic rings. The monoisotopic (exact) mass is 479 g/mol. The number of hydrogen-bond donors (Lipinski definition) is 3. The second kappa shape index (κ2) is 9.57. The second-order valence-corrected chi connectivity index (χ2v) is 11.0. The van der Waals surface area contributed by atoms with Crippen molar-refractivity contribution in [3.05, 3.63) is 41.2 Å². The Kier molecular flexibility index (Phi) is 6.86. The van der Waals surface area contributed by atoms with E-state index in [1.165, 1.54) is 5.56 Å². The molecule has 2 aliphatic rings. The van der Waals surface area contributed by atoms with E-state index in [2.05, 4.69) is 39.6 Å². The first-order valence-electron chi connectivity index (χ1n) is 12.4. The van der Waals surface area contributed by atoms with Crippen molar-refractivity contribution in [2.24, 2.45) is 16.3 Å². The minimum atomic E-state index is -0.735. The Hall–Kier alpha value is -3.00. The number of fused-ring (bicyclic) bond motifs is 1. The summed E-state index contributed by atoms with van der Waals surface area (Å²) in [5.74, 6) is 2.22. The Morgan fingerprint density at radius 1 is 1.17 bits per heavy atom. The van der Waals surface area contributed by atoms with Crippen LogP contribution < -0.4 is 15.8 Å². The highest BCUT2D eigenvalue weighted by Crippen LogP contribution is 2.40. The van der Waals surface area contributed by atoms with Crippen molar-refractivity contribution in [3.63, 3.8) is 0 Å². The molecule has 2 heterocycles. The van der Waals surface area contributed by atoms with Crippen LogP contribution in [-0.2, 0) is 4.79 Å². The fraction of sp³-hybridized carbons (Fsp3) is 0.556. The van der Waals surface area contributed by atoms with Crippen molar-refractivity contribution in [3.8, 4) is 5.88 Å². The molecule has 35 heavy (non-hydrogen) atoms. The van der Waals surface area contributed by atoms with Crippen LogP contribution in [0.25, 0.3) is 0 Å². The van der Waals surface area contributed by atoms with Crippen LogP contribution in [0.15, 0.2) is 29.3 Å². The summed E-state index contributed by atoms with van der Waals surface area (Å²) < 4.78 is 6.17. The zero-order valence-electron chi connectivity index (χ0n) is 21.4. The lowest BCUT2D eigenvalue weighted by Gasteiger charge is -2.32. The Morgan fingerprint density at radius 2 is 1.83 bits per heavy atom. The number of anilines is 1. The number of nitrogens with zero attached hydrogens (tertiary/aromatic N) is 3. The van der Waals surface area contributed by atoms with Crippen molar-refractivity contribution in [1.82, 2.24) is 15.3 Å². The number of rotatable bonds is 6. The molecular weight excluding hydrogens is 442 g/mol. The molecule has 0 bridgehead atoms. The van der Waals surface area contributed by atoms with Gasteiger partial charge in [-0.05, 0) is 77.7 Å². The molecule has 0 unspecified atom stereocenters. The van der Waals surface area contributed by atoms with Gasteiger partial charge in [-0.15, -0.1) is 0 Å². The summed E-state index contributed by atoms with van der Waals surface area (Å²) in [4.78, 5) is 25.6. The van der Waals surface area contributed by atoms with Crippen LogP contribution in [0.1, 0.15) is 76.2 Å². The molecule has 0 atom stereocenters. The number of aliphatic imine (C=N–C) groups is 1. The van der Waals surface area contributed by atoms with Crippen LogP contribution in [0.4, 0.5) is 11.5 Å². The average Bonchev–Trinajstić information content (AvgIpc) is 2.82. The lowest BCUT2D eigenvalue weighted by Crippen LogP contribution is -2.41. The number of aryl methyl sites for hydroxylation is 1. The fourth-order valence-corrected chi connectivity index (χ4v) is 4.85. The third kappa shape index (κ3) is 5.32. The maximum absolute atomic E-state index is 12.2. The molecule has 1 aromatic heterocycles. The number of nitrogens with one attached hydrogen (secondary N) is 1. The van der Waals surface area contributed by atoms with Gasteiger partial charge in [0.05, 0.1) is 17.7 Å². The Morgan fingerprint density at radius 3 is 2.46 bits per heavy atom. The number of aliphatic hydroxyl groups is 1. The van der Waals surface area contributed by atoms with E-state index in [0.717, 1.165) is 37.0 Å². The number of ether oxygens (including phenoxy) is 1. The summed E-state index contributed by atoms with van der Waals surface area (Å²) in [6, 6.07) is 8.60. The standard InChI is InChI=1S/C27H37N5O3/c1-16-30-23(28)21-24(31-16)35-27(4,5)22(32-21)20-12-10-19(11-13-20)18-8-6-17(7-9-18)14-29-25(34)26(2,3)15-33/h10-13,17-18,33H,6-9,14-15H2,1-5H3,(H,29,34)(H2,28,30,31). The number of carbonyl (C=O) groups is 1. The maximum Gasteiger partial charge on any atom is 0.246 e. The van der Waals surface area contributed by atoms with Crippen LogP contribution in [0, 0.1) is 18.3 Å². The van der Waals surface area contributed by atoms with E-state index in [-0.39, 0.29) is 12.5 Å². The third-order valence-electron chi connectivity index (χ3n) is 7.20. The van der Waals surface area contributed by atoms with E-state index < -0.39 is 11.0 Å². The van der Waals surface area contributed by atoms with E-state index in [9.17, 15) is 9.90 Å². The van der Waals surface area contributed by atoms with Crippen molar-refractivity contribution in [1.29, 1.82) is 0 Å². The lowest BCUT2D eigenvalue weighted by atomic mass is 9.78. The summed E-state index contributed by atoms with van der Waals surface area (Å²) in [5.41, 5.74) is 8.33. The highest BCUT2D eigenvalue weighted by Gasteiger charge is 2.35. The number of nitrogen functional groups attached to an aromatic ring is 1. The van der Waals surface area contributed by atoms with Crippen molar-refractivity contribution >= 4 is 23.1 Å². The molecule has 188 valence electrons. The van der Waals surface area contributed by atoms with Gasteiger partial charge in [-0.2, -0.15) is 4.98 Å². The van der Waals surface area contributed by atoms with E-state index in [0.29, 0.717) is 41.6 Å². The first kappa shape index (κ1) is 25.1. The maximum atomic E-state index is 12.2. The topological polar surface area (TPSA) is 123 Å². The predicted octanol–water partition coefficient (Wildman–Crippen LogP) is 4.07. The summed E-state index contributed by atoms with van der Waals surface area (Å²) in [6.45, 7) is 9.80. The second-order valence-electron chi connectivity index (χ2n) is 11.0. The molecule has 0 radical (unpaired) electrons. The molecule has 0 saturated heterocycles. The normalized spacial score (nSPS) is 21.5. The molecule has 1 aliphatic carbocycles. The number of aliphatic hydroxyl groups excluding tert-OH is 1. The molecule has 8 nitrogen and oxygen atoms in total. The summed E-state index contributed by atoms with van der Waals surface area (Å²) in [6.07, 6.45) is 4.35. The summed E-state index contributed by atoms with van der Waals surface area (Å²) >= 11 is 0. The van der Waals surface area contributed by atoms with Gasteiger partial charge in [-0.25, -0.2) is 9.98 Å². The number of aromatic nitrogens is 2. The van der Waals surface area contributed by atoms with Gasteiger partial charge in [0.15, 0.2) is 11.5 Å². The largest absolute Gasteiger partial charge is 0.463 e. The van der Waals surface area contributed by atoms with Gasteiger partial charge in [0.25, 0.3) is 0 Å². The number of nitrogens with two attached hydrogens (primary N) is 1. The number of amides is 1. The van der Waals surface area contributed by atoms with Crippen molar-refractivity contribution in [2.75, 3.05) is 18.9 Å². The van der Waals surface area contributed by atoms with Crippen LogP contribution in [0.5, 0.6) is 5.88 Å². The SMILES string of the molecule is Cc1nc(N)c2c(n1)OC(C)(C)C(c1ccc(C3CCC(CNC(=O)C(C)(C)CO)CC3)cc1)=N2. The third-order valence-corrected chi connectivity index (χ3v) is 7.20. The molecule has 1 amide bonds. The van der Waals surface area contributed by atoms with E-state index >= 15 is 0 Å². The van der Waals surface area contributed by atoms with Gasteiger partial charge in [-0.1, -0.05) is 24.3 Å². The zero-order chi connectivity index (χ0) is 25.4. The molecule has 1 fully saturated rings. The van der Waals surface area contributed by atoms with Gasteiger partial charge in [-0.3, -0.25) is 4.79 Å². The first-order valence-corrected chi connectivity index (χ1v) is 12.4. The Labute approximate surface area is 207 Å². The molecule has 8 heteroatoms. The predicted molar refractivity (Wildman–Crippen MR) is 137 cm³/mol. The smallest absolute Gasteiger partial charge is 0.246 e. The number of hydrogen-bond acceptors (Lipinski definition) is 7. The van der Waals surface area contributed by atoms with Crippen molar-refractivity contribution in [2.45, 2.75) is 71.8 Å². The fourth-order valence-electron chi connectivity index (χ4n) is 4.85. The van der Waals surface area contributed by atoms with Crippen LogP contribution >= 0.6 is 0 Å². The Balaban J connectivity index is 1.41. The van der Waals surface area contributed by atoms with Gasteiger partial charge >= 0.3 is 0 Å². The quantitative estimate of drug-likeness (QED) is 0.574. The molecule has 4 N–H and O–H groups in total. The molecular formula is C27H37N5O3. The van der Waals surface area contributed by atoms with Gasteiger partial charge in [0.2, 0.25) is 11.8 Å². The van der Waals surface area contributed by atoms with Crippen LogP contribution in [-0.4, -0.2) is 45.4 Å². The van der Waals surface area contributed by atoms with E-state index in [4.69, 9.17) is 15.5 Å². The van der Waals surface area contributed by atoms with Crippen LogP contribution in [0.2, 0.25) is 0 Å². The first-order chi connectivity index (χ1) is 16.5. The summed E-state index contributed by atoms with van der Waals surface area (Å²) in [5, 5.41) is 12.4. The molecule has 0 spiro atoms. The van der Waals surface area contributed by atoms with E-state index in [1.807, 2.05) is 13.8 Å². The average molecular weight is 480 g/mol. The van der Waals surface area contributed by atoms with Gasteiger partial charge in [0, 0.05) is 12.1 Å². The van der Waals surface area contributed by atoms with Crippen LogP contribution in [0.3, 0.4) is 0 Å². The minimum Gasteiger partial charge on any atom is -0.463 e. The minimum absolute atomic E-state index is 0.0821. The molecule has 1 saturated carbocycles. The van der Waals surface area contributed by atoms with E-state index in [1.54, 1.807) is 20.8 Å². The van der Waals surface area contributed by atoms with Gasteiger partial charge < -0.3 is 20.9 Å². The Bertz CT molecular complexity index is 1120. The number of carbonyl (C=O) groups excluding carboxylic acids is 1. The molecule has 1 aromatic carbocycles. The van der Waals surface area contributed by atoms with Gasteiger partial charge in [0.1, 0.15) is 11.4 Å². The lowest BCUT2D eigenvalue weighted by molar-refractivity contribution is -0.131.